The molecule has 2 fully saturated rings. The maximum absolute atomic E-state index is 13.0. The molecule has 0 aromatic heterocycles. The normalized spacial score (nSPS) is 19.2. The van der Waals surface area contributed by atoms with Crippen molar-refractivity contribution in [2.45, 2.75) is 63.4 Å². The van der Waals surface area contributed by atoms with E-state index >= 15 is 0 Å². The number of carbonyl (C=O) groups is 4. The SMILES string of the molecule is O=CN([C@H](C(=O)N[C@@H](CCCNC(=O)OCc1ccccc1)C(=O)O)C1CC1)[C@H]1CCCN1. The zero-order chi connectivity index (χ0) is 23.6. The first-order valence-corrected chi connectivity index (χ1v) is 11.4. The molecule has 180 valence electrons. The second-order valence-corrected chi connectivity index (χ2v) is 8.48. The molecule has 1 aromatic carbocycles. The number of alkyl carbamates (subject to hydrolysis) is 1. The lowest BCUT2D eigenvalue weighted by Gasteiger charge is -2.33. The van der Waals surface area contributed by atoms with Crippen molar-refractivity contribution in [2.75, 3.05) is 13.1 Å². The molecule has 1 heterocycles. The highest BCUT2D eigenvalue weighted by Gasteiger charge is 2.43. The number of rotatable bonds is 13. The number of hydrogen-bond acceptors (Lipinski definition) is 6. The van der Waals surface area contributed by atoms with Crippen molar-refractivity contribution < 1.29 is 29.0 Å². The minimum atomic E-state index is -1.15. The highest BCUT2D eigenvalue weighted by Crippen LogP contribution is 2.36. The molecule has 1 saturated heterocycles. The van der Waals surface area contributed by atoms with E-state index in [9.17, 15) is 24.3 Å². The van der Waals surface area contributed by atoms with Crippen molar-refractivity contribution in [1.82, 2.24) is 20.9 Å². The molecule has 0 radical (unpaired) electrons. The van der Waals surface area contributed by atoms with E-state index in [1.54, 1.807) is 0 Å². The molecule has 33 heavy (non-hydrogen) atoms. The summed E-state index contributed by atoms with van der Waals surface area (Å²) in [6.07, 6.45) is 3.74. The predicted octanol–water partition coefficient (Wildman–Crippen LogP) is 1.21. The fourth-order valence-corrected chi connectivity index (χ4v) is 4.04. The van der Waals surface area contributed by atoms with Gasteiger partial charge < -0.3 is 25.4 Å². The summed E-state index contributed by atoms with van der Waals surface area (Å²) in [5, 5.41) is 18.0. The molecule has 1 saturated carbocycles. The number of amides is 3. The van der Waals surface area contributed by atoms with E-state index in [0.717, 1.165) is 37.8 Å². The van der Waals surface area contributed by atoms with Crippen LogP contribution in [-0.2, 0) is 25.7 Å². The summed E-state index contributed by atoms with van der Waals surface area (Å²) in [5.41, 5.74) is 0.865. The Morgan fingerprint density at radius 2 is 1.97 bits per heavy atom. The topological polar surface area (TPSA) is 137 Å². The van der Waals surface area contributed by atoms with Crippen LogP contribution in [-0.4, -0.2) is 65.7 Å². The first-order valence-electron chi connectivity index (χ1n) is 11.4. The van der Waals surface area contributed by atoms with Crippen LogP contribution in [0.5, 0.6) is 0 Å². The van der Waals surface area contributed by atoms with Gasteiger partial charge in [-0.1, -0.05) is 30.3 Å². The van der Waals surface area contributed by atoms with Crippen LogP contribution in [0.25, 0.3) is 0 Å². The summed E-state index contributed by atoms with van der Waals surface area (Å²) in [6.45, 7) is 1.14. The Labute approximate surface area is 193 Å². The molecule has 0 unspecified atom stereocenters. The van der Waals surface area contributed by atoms with Gasteiger partial charge in [0.2, 0.25) is 12.3 Å². The molecule has 4 N–H and O–H groups in total. The maximum atomic E-state index is 13.0. The number of hydrogen-bond donors (Lipinski definition) is 4. The molecule has 1 aromatic rings. The van der Waals surface area contributed by atoms with E-state index in [-0.39, 0.29) is 31.7 Å². The molecule has 3 amide bonds. The van der Waals surface area contributed by atoms with E-state index in [1.807, 2.05) is 30.3 Å². The van der Waals surface area contributed by atoms with Crippen molar-refractivity contribution in [3.8, 4) is 0 Å². The third-order valence-corrected chi connectivity index (χ3v) is 5.94. The molecule has 0 spiro atoms. The highest BCUT2D eigenvalue weighted by atomic mass is 16.5. The van der Waals surface area contributed by atoms with Crippen LogP contribution < -0.4 is 16.0 Å². The average Bonchev–Trinajstić information content (AvgIpc) is 3.50. The molecule has 2 aliphatic rings. The Kier molecular flexibility index (Phi) is 9.05. The lowest BCUT2D eigenvalue weighted by atomic mass is 10.1. The Morgan fingerprint density at radius 3 is 2.58 bits per heavy atom. The highest BCUT2D eigenvalue weighted by molar-refractivity contribution is 5.88. The van der Waals surface area contributed by atoms with E-state index < -0.39 is 30.1 Å². The predicted molar refractivity (Wildman–Crippen MR) is 119 cm³/mol. The molecule has 1 aliphatic heterocycles. The van der Waals surface area contributed by atoms with Gasteiger partial charge in [0.15, 0.2) is 0 Å². The van der Waals surface area contributed by atoms with Crippen LogP contribution in [0.3, 0.4) is 0 Å². The molecule has 3 rings (SSSR count). The fourth-order valence-electron chi connectivity index (χ4n) is 4.04. The molecular weight excluding hydrogens is 428 g/mol. The van der Waals surface area contributed by atoms with Gasteiger partial charge in [-0.15, -0.1) is 0 Å². The van der Waals surface area contributed by atoms with Gasteiger partial charge in [-0.2, -0.15) is 0 Å². The van der Waals surface area contributed by atoms with Gasteiger partial charge >= 0.3 is 12.1 Å². The summed E-state index contributed by atoms with van der Waals surface area (Å²) in [5.74, 6) is -1.55. The number of nitrogens with one attached hydrogen (secondary N) is 3. The van der Waals surface area contributed by atoms with Gasteiger partial charge in [0, 0.05) is 6.54 Å². The van der Waals surface area contributed by atoms with Crippen LogP contribution in [0, 0.1) is 5.92 Å². The van der Waals surface area contributed by atoms with Gasteiger partial charge in [0.1, 0.15) is 18.7 Å². The third-order valence-electron chi connectivity index (χ3n) is 5.94. The number of carbonyl (C=O) groups excluding carboxylic acids is 3. The molecular formula is C23H32N4O6. The summed E-state index contributed by atoms with van der Waals surface area (Å²) in [4.78, 5) is 49.7. The van der Waals surface area contributed by atoms with Gasteiger partial charge in [-0.25, -0.2) is 9.59 Å². The van der Waals surface area contributed by atoms with Gasteiger partial charge in [-0.05, 0) is 56.6 Å². The number of aliphatic carboxylic acids is 1. The van der Waals surface area contributed by atoms with E-state index in [0.29, 0.717) is 12.8 Å². The quantitative estimate of drug-likeness (QED) is 0.256. The van der Waals surface area contributed by atoms with E-state index in [2.05, 4.69) is 16.0 Å². The van der Waals surface area contributed by atoms with Crippen molar-refractivity contribution in [3.05, 3.63) is 35.9 Å². The largest absolute Gasteiger partial charge is 0.480 e. The molecule has 3 atom stereocenters. The van der Waals surface area contributed by atoms with Crippen molar-refractivity contribution in [1.29, 1.82) is 0 Å². The number of ether oxygens (including phenoxy) is 1. The zero-order valence-electron chi connectivity index (χ0n) is 18.6. The zero-order valence-corrected chi connectivity index (χ0v) is 18.6. The third kappa shape index (κ3) is 7.45. The Hall–Kier alpha value is -3.14. The van der Waals surface area contributed by atoms with Crippen LogP contribution >= 0.6 is 0 Å². The van der Waals surface area contributed by atoms with Crippen molar-refractivity contribution in [3.63, 3.8) is 0 Å². The maximum Gasteiger partial charge on any atom is 0.407 e. The molecule has 0 bridgehead atoms. The van der Waals surface area contributed by atoms with Crippen molar-refractivity contribution in [2.24, 2.45) is 5.92 Å². The van der Waals surface area contributed by atoms with Crippen LogP contribution in [0.2, 0.25) is 0 Å². The number of carboxylic acids is 1. The summed E-state index contributed by atoms with van der Waals surface area (Å²) in [7, 11) is 0. The van der Waals surface area contributed by atoms with Crippen molar-refractivity contribution >= 4 is 24.4 Å². The van der Waals surface area contributed by atoms with Crippen LogP contribution in [0.15, 0.2) is 30.3 Å². The summed E-state index contributed by atoms with van der Waals surface area (Å²) in [6, 6.07) is 7.48. The van der Waals surface area contributed by atoms with E-state index in [4.69, 9.17) is 4.74 Å². The number of benzene rings is 1. The fraction of sp³-hybridized carbons (Fsp3) is 0.565. The van der Waals surface area contributed by atoms with Crippen LogP contribution in [0.4, 0.5) is 4.79 Å². The first-order chi connectivity index (χ1) is 16.0. The van der Waals surface area contributed by atoms with Crippen LogP contribution in [0.1, 0.15) is 44.1 Å². The average molecular weight is 461 g/mol. The lowest BCUT2D eigenvalue weighted by molar-refractivity contribution is -0.144. The smallest absolute Gasteiger partial charge is 0.407 e. The van der Waals surface area contributed by atoms with Gasteiger partial charge in [-0.3, -0.25) is 14.9 Å². The second kappa shape index (κ2) is 12.2. The first kappa shape index (κ1) is 24.5. The lowest BCUT2D eigenvalue weighted by Crippen LogP contribution is -2.56. The van der Waals surface area contributed by atoms with Gasteiger partial charge in [0.25, 0.3) is 0 Å². The second-order valence-electron chi connectivity index (χ2n) is 8.48. The Bertz CT molecular complexity index is 810. The van der Waals surface area contributed by atoms with Gasteiger partial charge in [0.05, 0.1) is 6.17 Å². The van der Waals surface area contributed by atoms with E-state index in [1.165, 1.54) is 4.90 Å². The molecule has 10 heteroatoms. The number of nitrogens with zero attached hydrogens (tertiary/aromatic N) is 1. The minimum Gasteiger partial charge on any atom is -0.480 e. The Morgan fingerprint density at radius 1 is 1.21 bits per heavy atom. The Balaban J connectivity index is 1.44. The summed E-state index contributed by atoms with van der Waals surface area (Å²) < 4.78 is 5.12. The summed E-state index contributed by atoms with van der Waals surface area (Å²) >= 11 is 0. The minimum absolute atomic E-state index is 0.0492. The monoisotopic (exact) mass is 460 g/mol. The molecule has 10 nitrogen and oxygen atoms in total. The standard InChI is InChI=1S/C23H32N4O6/c28-15-27(19-9-5-12-24-19)20(17-10-11-17)21(29)26-18(22(30)31)8-4-13-25-23(32)33-14-16-6-2-1-3-7-16/h1-3,6-7,15,17-20,24H,4-5,8-14H2,(H,25,32)(H,26,29)(H,30,31)/t18-,19-,20-/m0/s1. The number of carboxylic acid groups (broad SMARTS) is 1. The molecule has 1 aliphatic carbocycles.